The number of primary amides is 1. The molecule has 138 valence electrons. The molecule has 0 atom stereocenters. The van der Waals surface area contributed by atoms with Gasteiger partial charge in [-0.2, -0.15) is 5.10 Å². The van der Waals surface area contributed by atoms with Crippen molar-refractivity contribution in [1.29, 1.82) is 0 Å². The fourth-order valence-electron chi connectivity index (χ4n) is 3.26. The summed E-state index contributed by atoms with van der Waals surface area (Å²) in [6.45, 7) is 1.92. The van der Waals surface area contributed by atoms with Crippen LogP contribution in [0.25, 0.3) is 22.0 Å². The maximum atomic E-state index is 12.6. The molecular formula is C22H18N4O2. The van der Waals surface area contributed by atoms with Gasteiger partial charge in [-0.1, -0.05) is 24.3 Å². The zero-order valence-corrected chi connectivity index (χ0v) is 15.2. The van der Waals surface area contributed by atoms with Gasteiger partial charge in [-0.25, -0.2) is 0 Å². The van der Waals surface area contributed by atoms with E-state index in [1.54, 1.807) is 30.5 Å². The van der Waals surface area contributed by atoms with Crippen LogP contribution < -0.4 is 11.1 Å². The predicted molar refractivity (Wildman–Crippen MR) is 109 cm³/mol. The molecule has 0 bridgehead atoms. The molecule has 1 aromatic heterocycles. The highest BCUT2D eigenvalue weighted by Crippen LogP contribution is 2.28. The average Bonchev–Trinajstić information content (AvgIpc) is 3.15. The highest BCUT2D eigenvalue weighted by Gasteiger charge is 2.13. The minimum absolute atomic E-state index is 0.217. The summed E-state index contributed by atoms with van der Waals surface area (Å²) in [6, 6.07) is 18.1. The number of aryl methyl sites for hydroxylation is 1. The predicted octanol–water partition coefficient (Wildman–Crippen LogP) is 3.89. The van der Waals surface area contributed by atoms with Crippen molar-refractivity contribution in [2.45, 2.75) is 6.92 Å². The minimum Gasteiger partial charge on any atom is -0.366 e. The molecule has 0 radical (unpaired) electrons. The van der Waals surface area contributed by atoms with E-state index in [4.69, 9.17) is 5.73 Å². The fraction of sp³-hybridized carbons (Fsp3) is 0.0455. The number of carbonyl (C=O) groups excluding carboxylic acids is 2. The van der Waals surface area contributed by atoms with Gasteiger partial charge in [0.2, 0.25) is 5.91 Å². The number of aromatic amines is 1. The quantitative estimate of drug-likeness (QED) is 0.508. The van der Waals surface area contributed by atoms with Gasteiger partial charge in [-0.15, -0.1) is 0 Å². The highest BCUT2D eigenvalue weighted by molar-refractivity contribution is 6.06. The summed E-state index contributed by atoms with van der Waals surface area (Å²) in [7, 11) is 0. The van der Waals surface area contributed by atoms with Crippen molar-refractivity contribution >= 4 is 28.4 Å². The van der Waals surface area contributed by atoms with Crippen LogP contribution in [-0.2, 0) is 0 Å². The number of fused-ring (bicyclic) bond motifs is 1. The molecule has 2 amide bonds. The Morgan fingerprint density at radius 2 is 1.82 bits per heavy atom. The Morgan fingerprint density at radius 3 is 2.57 bits per heavy atom. The number of anilines is 1. The van der Waals surface area contributed by atoms with Gasteiger partial charge in [0.1, 0.15) is 0 Å². The molecule has 1 heterocycles. The van der Waals surface area contributed by atoms with Gasteiger partial charge < -0.3 is 11.1 Å². The summed E-state index contributed by atoms with van der Waals surface area (Å²) in [5, 5.41) is 10.7. The van der Waals surface area contributed by atoms with Gasteiger partial charge in [0.05, 0.1) is 11.7 Å². The van der Waals surface area contributed by atoms with E-state index in [0.717, 1.165) is 27.6 Å². The Kier molecular flexibility index (Phi) is 4.37. The lowest BCUT2D eigenvalue weighted by molar-refractivity contribution is 0.0998. The number of nitrogens with two attached hydrogens (primary N) is 1. The van der Waals surface area contributed by atoms with Crippen LogP contribution >= 0.6 is 0 Å². The Morgan fingerprint density at radius 1 is 1.04 bits per heavy atom. The fourth-order valence-corrected chi connectivity index (χ4v) is 3.26. The number of aromatic nitrogens is 2. The number of hydrogen-bond acceptors (Lipinski definition) is 3. The average molecular weight is 370 g/mol. The normalized spacial score (nSPS) is 10.8. The number of nitrogens with zero attached hydrogens (tertiary/aromatic N) is 1. The summed E-state index contributed by atoms with van der Waals surface area (Å²) in [6.07, 6.45) is 1.73. The van der Waals surface area contributed by atoms with Crippen LogP contribution in [0.1, 0.15) is 26.3 Å². The Balaban J connectivity index is 1.59. The first kappa shape index (κ1) is 17.5. The van der Waals surface area contributed by atoms with E-state index in [1.165, 1.54) is 0 Å². The first-order valence-electron chi connectivity index (χ1n) is 8.77. The molecule has 4 aromatic rings. The first-order valence-corrected chi connectivity index (χ1v) is 8.77. The molecule has 0 aliphatic heterocycles. The lowest BCUT2D eigenvalue weighted by Gasteiger charge is -2.11. The molecule has 0 fully saturated rings. The molecule has 0 saturated carbocycles. The largest absolute Gasteiger partial charge is 0.366 e. The van der Waals surface area contributed by atoms with Crippen molar-refractivity contribution in [1.82, 2.24) is 10.2 Å². The van der Waals surface area contributed by atoms with Crippen molar-refractivity contribution < 1.29 is 9.59 Å². The number of benzene rings is 3. The van der Waals surface area contributed by atoms with Gasteiger partial charge in [0.25, 0.3) is 5.91 Å². The van der Waals surface area contributed by atoms with Crippen LogP contribution in [0, 0.1) is 6.92 Å². The summed E-state index contributed by atoms with van der Waals surface area (Å²) in [5.41, 5.74) is 10.6. The maximum Gasteiger partial charge on any atom is 0.255 e. The number of amides is 2. The van der Waals surface area contributed by atoms with E-state index in [-0.39, 0.29) is 5.91 Å². The molecule has 0 saturated heterocycles. The SMILES string of the molecule is Cc1cccc(C(N)=O)c1-c1ccc(C(=O)Nc2ccc3cn[nH]c3c2)cc1. The summed E-state index contributed by atoms with van der Waals surface area (Å²) >= 11 is 0. The van der Waals surface area contributed by atoms with Gasteiger partial charge >= 0.3 is 0 Å². The molecule has 4 rings (SSSR count). The Bertz CT molecular complexity index is 1190. The number of H-pyrrole nitrogens is 1. The summed E-state index contributed by atoms with van der Waals surface area (Å²) in [5.74, 6) is -0.694. The monoisotopic (exact) mass is 370 g/mol. The number of rotatable bonds is 4. The lowest BCUT2D eigenvalue weighted by Crippen LogP contribution is -2.13. The zero-order valence-electron chi connectivity index (χ0n) is 15.2. The second-order valence-corrected chi connectivity index (χ2v) is 6.57. The molecule has 28 heavy (non-hydrogen) atoms. The first-order chi connectivity index (χ1) is 13.5. The lowest BCUT2D eigenvalue weighted by atomic mass is 9.94. The number of hydrogen-bond donors (Lipinski definition) is 3. The van der Waals surface area contributed by atoms with Gasteiger partial charge in [0.15, 0.2) is 0 Å². The van der Waals surface area contributed by atoms with Gasteiger partial charge in [0, 0.05) is 22.2 Å². The number of nitrogens with one attached hydrogen (secondary N) is 2. The van der Waals surface area contributed by atoms with E-state index in [0.29, 0.717) is 16.8 Å². The second kappa shape index (κ2) is 7.00. The van der Waals surface area contributed by atoms with Crippen molar-refractivity contribution in [3.63, 3.8) is 0 Å². The summed E-state index contributed by atoms with van der Waals surface area (Å²) in [4.78, 5) is 24.3. The third-order valence-electron chi connectivity index (χ3n) is 4.67. The van der Waals surface area contributed by atoms with Gasteiger partial charge in [-0.05, 0) is 60.0 Å². The van der Waals surface area contributed by atoms with Crippen LogP contribution in [0.2, 0.25) is 0 Å². The smallest absolute Gasteiger partial charge is 0.255 e. The number of carbonyl (C=O) groups is 2. The molecule has 3 aromatic carbocycles. The maximum absolute atomic E-state index is 12.6. The molecule has 6 heteroatoms. The van der Waals surface area contributed by atoms with Crippen LogP contribution in [0.15, 0.2) is 66.9 Å². The molecule has 0 spiro atoms. The molecule has 0 aliphatic rings. The van der Waals surface area contributed by atoms with Crippen LogP contribution in [-0.4, -0.2) is 22.0 Å². The third kappa shape index (κ3) is 3.23. The van der Waals surface area contributed by atoms with E-state index < -0.39 is 5.91 Å². The van der Waals surface area contributed by atoms with E-state index in [2.05, 4.69) is 15.5 Å². The zero-order chi connectivity index (χ0) is 19.7. The van der Waals surface area contributed by atoms with Crippen molar-refractivity contribution in [2.24, 2.45) is 5.73 Å². The van der Waals surface area contributed by atoms with Crippen LogP contribution in [0.3, 0.4) is 0 Å². The molecule has 0 aliphatic carbocycles. The van der Waals surface area contributed by atoms with E-state index in [9.17, 15) is 9.59 Å². The molecule has 6 nitrogen and oxygen atoms in total. The van der Waals surface area contributed by atoms with Crippen molar-refractivity contribution in [2.75, 3.05) is 5.32 Å². The minimum atomic E-state index is -0.477. The molecular weight excluding hydrogens is 352 g/mol. The standard InChI is InChI=1S/C22H18N4O2/c1-13-3-2-4-18(21(23)27)20(13)14-5-7-15(8-6-14)22(28)25-17-10-9-16-12-24-26-19(16)11-17/h2-12H,1H3,(H2,23,27)(H,24,26)(H,25,28). The van der Waals surface area contributed by atoms with Crippen LogP contribution in [0.4, 0.5) is 5.69 Å². The van der Waals surface area contributed by atoms with E-state index >= 15 is 0 Å². The van der Waals surface area contributed by atoms with Gasteiger partial charge in [-0.3, -0.25) is 14.7 Å². The summed E-state index contributed by atoms with van der Waals surface area (Å²) < 4.78 is 0. The Hall–Kier alpha value is -3.93. The Labute approximate surface area is 161 Å². The van der Waals surface area contributed by atoms with Crippen LogP contribution in [0.5, 0.6) is 0 Å². The topological polar surface area (TPSA) is 101 Å². The highest BCUT2D eigenvalue weighted by atomic mass is 16.2. The molecule has 0 unspecified atom stereocenters. The third-order valence-corrected chi connectivity index (χ3v) is 4.67. The van der Waals surface area contributed by atoms with Crippen molar-refractivity contribution in [3.05, 3.63) is 83.6 Å². The van der Waals surface area contributed by atoms with E-state index in [1.807, 2.05) is 43.3 Å². The molecule has 4 N–H and O–H groups in total. The van der Waals surface area contributed by atoms with Crippen molar-refractivity contribution in [3.8, 4) is 11.1 Å². The second-order valence-electron chi connectivity index (χ2n) is 6.57.